The lowest BCUT2D eigenvalue weighted by Gasteiger charge is -2.46. The van der Waals surface area contributed by atoms with Crippen molar-refractivity contribution in [1.82, 2.24) is 4.98 Å². The molecule has 2 aromatic carbocycles. The second kappa shape index (κ2) is 6.21. The van der Waals surface area contributed by atoms with Crippen LogP contribution in [0, 0.1) is 0 Å². The number of benzene rings is 2. The Morgan fingerprint density at radius 3 is 2.04 bits per heavy atom. The highest BCUT2D eigenvalue weighted by atomic mass is 16.3. The zero-order valence-corrected chi connectivity index (χ0v) is 13.6. The maximum absolute atomic E-state index is 11.0. The van der Waals surface area contributed by atoms with Gasteiger partial charge in [0.05, 0.1) is 5.69 Å². The first-order chi connectivity index (χ1) is 11.8. The van der Waals surface area contributed by atoms with Crippen molar-refractivity contribution in [3.63, 3.8) is 0 Å². The van der Waals surface area contributed by atoms with E-state index in [2.05, 4.69) is 53.5 Å². The zero-order valence-electron chi connectivity index (χ0n) is 13.6. The van der Waals surface area contributed by atoms with Crippen LogP contribution in [0.25, 0.3) is 11.1 Å². The fourth-order valence-corrected chi connectivity index (χ4v) is 3.72. The van der Waals surface area contributed by atoms with E-state index in [4.69, 9.17) is 0 Å². The summed E-state index contributed by atoms with van der Waals surface area (Å²) in [7, 11) is 0. The molecule has 2 nitrogen and oxygen atoms in total. The SMILES string of the molecule is OC(c1ccccn1)C1(c2ccc(-c3ccccc3)cc2)CCC1. The normalized spacial score (nSPS) is 17.0. The van der Waals surface area contributed by atoms with Crippen LogP contribution in [0.5, 0.6) is 0 Å². The van der Waals surface area contributed by atoms with Crippen LogP contribution in [-0.4, -0.2) is 10.1 Å². The topological polar surface area (TPSA) is 33.1 Å². The summed E-state index contributed by atoms with van der Waals surface area (Å²) >= 11 is 0. The minimum atomic E-state index is -0.546. The third-order valence-electron chi connectivity index (χ3n) is 5.30. The molecule has 1 aliphatic rings. The van der Waals surface area contributed by atoms with Crippen LogP contribution in [-0.2, 0) is 5.41 Å². The van der Waals surface area contributed by atoms with Gasteiger partial charge in [0, 0.05) is 11.6 Å². The van der Waals surface area contributed by atoms with Gasteiger partial charge in [-0.05, 0) is 41.7 Å². The Balaban J connectivity index is 1.66. The maximum atomic E-state index is 11.0. The average Bonchev–Trinajstić information content (AvgIpc) is 2.63. The summed E-state index contributed by atoms with van der Waals surface area (Å²) in [5.74, 6) is 0. The molecule has 1 aromatic heterocycles. The van der Waals surface area contributed by atoms with Crippen LogP contribution in [0.15, 0.2) is 79.0 Å². The van der Waals surface area contributed by atoms with Crippen LogP contribution in [0.1, 0.15) is 36.6 Å². The second-order valence-electron chi connectivity index (χ2n) is 6.61. The number of rotatable bonds is 4. The number of aliphatic hydroxyl groups is 1. The van der Waals surface area contributed by atoms with Gasteiger partial charge < -0.3 is 5.11 Å². The van der Waals surface area contributed by atoms with E-state index < -0.39 is 6.10 Å². The van der Waals surface area contributed by atoms with Crippen molar-refractivity contribution < 1.29 is 5.11 Å². The molecule has 0 spiro atoms. The van der Waals surface area contributed by atoms with Crippen LogP contribution in [0.4, 0.5) is 0 Å². The highest BCUT2D eigenvalue weighted by Gasteiger charge is 2.46. The van der Waals surface area contributed by atoms with Crippen LogP contribution >= 0.6 is 0 Å². The van der Waals surface area contributed by atoms with Crippen molar-refractivity contribution in [2.45, 2.75) is 30.8 Å². The molecular weight excluding hydrogens is 294 g/mol. The van der Waals surface area contributed by atoms with E-state index >= 15 is 0 Å². The quantitative estimate of drug-likeness (QED) is 0.742. The van der Waals surface area contributed by atoms with E-state index in [0.717, 1.165) is 25.0 Å². The van der Waals surface area contributed by atoms with E-state index in [9.17, 15) is 5.11 Å². The van der Waals surface area contributed by atoms with Crippen LogP contribution < -0.4 is 0 Å². The maximum Gasteiger partial charge on any atom is 0.106 e. The van der Waals surface area contributed by atoms with E-state index in [1.807, 2.05) is 24.3 Å². The molecule has 0 bridgehead atoms. The largest absolute Gasteiger partial charge is 0.386 e. The summed E-state index contributed by atoms with van der Waals surface area (Å²) in [4.78, 5) is 4.37. The fraction of sp³-hybridized carbons (Fsp3) is 0.227. The Kier molecular flexibility index (Phi) is 3.91. The van der Waals surface area contributed by atoms with E-state index in [1.54, 1.807) is 6.20 Å². The molecule has 4 rings (SSSR count). The molecule has 1 unspecified atom stereocenters. The third-order valence-corrected chi connectivity index (χ3v) is 5.30. The molecule has 120 valence electrons. The molecule has 24 heavy (non-hydrogen) atoms. The minimum Gasteiger partial charge on any atom is -0.386 e. The Hall–Kier alpha value is -2.45. The highest BCUT2D eigenvalue weighted by molar-refractivity contribution is 5.63. The van der Waals surface area contributed by atoms with Crippen molar-refractivity contribution in [3.8, 4) is 11.1 Å². The van der Waals surface area contributed by atoms with Gasteiger partial charge in [-0.25, -0.2) is 0 Å². The van der Waals surface area contributed by atoms with Crippen molar-refractivity contribution in [2.75, 3.05) is 0 Å². The van der Waals surface area contributed by atoms with Gasteiger partial charge in [-0.3, -0.25) is 4.98 Å². The Labute approximate surface area is 142 Å². The van der Waals surface area contributed by atoms with Gasteiger partial charge in [0.2, 0.25) is 0 Å². The van der Waals surface area contributed by atoms with Gasteiger partial charge in [-0.1, -0.05) is 67.1 Å². The Bertz CT molecular complexity index is 792. The molecule has 1 N–H and O–H groups in total. The molecule has 1 saturated carbocycles. The molecule has 1 heterocycles. The third kappa shape index (κ3) is 2.53. The fourth-order valence-electron chi connectivity index (χ4n) is 3.72. The molecule has 0 aliphatic heterocycles. The summed E-state index contributed by atoms with van der Waals surface area (Å²) in [5, 5.41) is 11.0. The Morgan fingerprint density at radius 1 is 0.792 bits per heavy atom. The van der Waals surface area contributed by atoms with E-state index in [1.165, 1.54) is 16.7 Å². The number of hydrogen-bond acceptors (Lipinski definition) is 2. The molecule has 3 aromatic rings. The highest BCUT2D eigenvalue weighted by Crippen LogP contribution is 2.51. The predicted octanol–water partition coefficient (Wildman–Crippen LogP) is 4.90. The lowest BCUT2D eigenvalue weighted by molar-refractivity contribution is 0.0238. The van der Waals surface area contributed by atoms with Crippen molar-refractivity contribution >= 4 is 0 Å². The molecule has 0 amide bonds. The predicted molar refractivity (Wildman–Crippen MR) is 96.6 cm³/mol. The van der Waals surface area contributed by atoms with Crippen LogP contribution in [0.2, 0.25) is 0 Å². The van der Waals surface area contributed by atoms with Gasteiger partial charge in [-0.2, -0.15) is 0 Å². The molecule has 2 heteroatoms. The Morgan fingerprint density at radius 2 is 1.46 bits per heavy atom. The molecule has 1 aliphatic carbocycles. The second-order valence-corrected chi connectivity index (χ2v) is 6.61. The number of aliphatic hydroxyl groups excluding tert-OH is 1. The standard InChI is InChI=1S/C22H21NO/c24-21(20-9-4-5-16-23-20)22(14-6-15-22)19-12-10-18(11-13-19)17-7-2-1-3-8-17/h1-5,7-13,16,21,24H,6,14-15H2. The summed E-state index contributed by atoms with van der Waals surface area (Å²) in [6, 6.07) is 24.8. The minimum absolute atomic E-state index is 0.191. The first kappa shape index (κ1) is 15.1. The number of hydrogen-bond donors (Lipinski definition) is 1. The zero-order chi connectivity index (χ0) is 16.4. The van der Waals surface area contributed by atoms with Crippen molar-refractivity contribution in [3.05, 3.63) is 90.3 Å². The van der Waals surface area contributed by atoms with Gasteiger partial charge >= 0.3 is 0 Å². The summed E-state index contributed by atoms with van der Waals surface area (Å²) in [5.41, 5.74) is 4.22. The lowest BCUT2D eigenvalue weighted by atomic mass is 9.60. The van der Waals surface area contributed by atoms with E-state index in [-0.39, 0.29) is 5.41 Å². The number of pyridine rings is 1. The molecule has 0 saturated heterocycles. The van der Waals surface area contributed by atoms with Crippen LogP contribution in [0.3, 0.4) is 0 Å². The molecular formula is C22H21NO. The summed E-state index contributed by atoms with van der Waals surface area (Å²) in [6.07, 6.45) is 4.38. The molecule has 1 atom stereocenters. The lowest BCUT2D eigenvalue weighted by Crippen LogP contribution is -2.40. The number of aromatic nitrogens is 1. The summed E-state index contributed by atoms with van der Waals surface area (Å²) in [6.45, 7) is 0. The first-order valence-electron chi connectivity index (χ1n) is 8.55. The van der Waals surface area contributed by atoms with Crippen molar-refractivity contribution in [2.24, 2.45) is 0 Å². The van der Waals surface area contributed by atoms with Crippen molar-refractivity contribution in [1.29, 1.82) is 0 Å². The van der Waals surface area contributed by atoms with E-state index in [0.29, 0.717) is 0 Å². The summed E-state index contributed by atoms with van der Waals surface area (Å²) < 4.78 is 0. The first-order valence-corrected chi connectivity index (χ1v) is 8.55. The van der Waals surface area contributed by atoms with Gasteiger partial charge in [0.25, 0.3) is 0 Å². The average molecular weight is 315 g/mol. The molecule has 1 fully saturated rings. The van der Waals surface area contributed by atoms with Gasteiger partial charge in [0.15, 0.2) is 0 Å². The number of nitrogens with zero attached hydrogens (tertiary/aromatic N) is 1. The van der Waals surface area contributed by atoms with Gasteiger partial charge in [-0.15, -0.1) is 0 Å². The smallest absolute Gasteiger partial charge is 0.106 e. The van der Waals surface area contributed by atoms with Gasteiger partial charge in [0.1, 0.15) is 6.10 Å². The monoisotopic (exact) mass is 315 g/mol. The molecule has 0 radical (unpaired) electrons.